The van der Waals surface area contributed by atoms with Crippen LogP contribution in [0.25, 0.3) is 0 Å². The van der Waals surface area contributed by atoms with Gasteiger partial charge in [-0.1, -0.05) is 11.2 Å². The van der Waals surface area contributed by atoms with Gasteiger partial charge in [0.1, 0.15) is 0 Å². The molecule has 162 valence electrons. The van der Waals surface area contributed by atoms with Gasteiger partial charge in [0.15, 0.2) is 5.82 Å². The Morgan fingerprint density at radius 3 is 2.70 bits per heavy atom. The maximum Gasteiger partial charge on any atom is 0.253 e. The molecule has 1 aromatic heterocycles. The summed E-state index contributed by atoms with van der Waals surface area (Å²) in [6.07, 6.45) is 1.17. The SMILES string of the molecule is CCS(=O)(=O)NC1CC2CN(C(=O)c3ccc(C)c(C)c3)CC2(c2nc(C)no2)C1. The van der Waals surface area contributed by atoms with Crippen molar-refractivity contribution in [2.75, 3.05) is 18.8 Å². The average Bonchev–Trinajstić information content (AvgIpc) is 3.35. The zero-order chi connectivity index (χ0) is 21.7. The highest BCUT2D eigenvalue weighted by atomic mass is 32.2. The van der Waals surface area contributed by atoms with Gasteiger partial charge in [-0.25, -0.2) is 13.1 Å². The summed E-state index contributed by atoms with van der Waals surface area (Å²) in [6, 6.07) is 5.55. The van der Waals surface area contributed by atoms with E-state index in [9.17, 15) is 13.2 Å². The van der Waals surface area contributed by atoms with Crippen LogP contribution in [0.15, 0.2) is 22.7 Å². The van der Waals surface area contributed by atoms with Gasteiger partial charge in [0, 0.05) is 24.7 Å². The minimum absolute atomic E-state index is 0.0196. The number of benzene rings is 1. The predicted octanol–water partition coefficient (Wildman–Crippen LogP) is 2.11. The lowest BCUT2D eigenvalue weighted by Gasteiger charge is -2.25. The van der Waals surface area contributed by atoms with Crippen LogP contribution in [0.1, 0.15) is 53.0 Å². The normalized spacial score (nSPS) is 26.2. The Bertz CT molecular complexity index is 1080. The highest BCUT2D eigenvalue weighted by Gasteiger charge is 2.58. The van der Waals surface area contributed by atoms with Crippen molar-refractivity contribution in [3.8, 4) is 0 Å². The summed E-state index contributed by atoms with van der Waals surface area (Å²) in [7, 11) is -3.32. The van der Waals surface area contributed by atoms with Gasteiger partial charge in [0.25, 0.3) is 5.91 Å². The van der Waals surface area contributed by atoms with Crippen LogP contribution in [-0.4, -0.2) is 54.2 Å². The monoisotopic (exact) mass is 432 g/mol. The van der Waals surface area contributed by atoms with E-state index in [1.807, 2.05) is 36.9 Å². The second-order valence-corrected chi connectivity index (χ2v) is 10.7. The fraction of sp³-hybridized carbons (Fsp3) is 0.571. The Kier molecular flexibility index (Phi) is 5.22. The first-order chi connectivity index (χ1) is 14.1. The molecule has 1 aliphatic heterocycles. The third kappa shape index (κ3) is 3.65. The predicted molar refractivity (Wildman–Crippen MR) is 112 cm³/mol. The number of nitrogens with one attached hydrogen (secondary N) is 1. The number of amides is 1. The summed E-state index contributed by atoms with van der Waals surface area (Å²) < 4.78 is 32.6. The first-order valence-corrected chi connectivity index (χ1v) is 12.0. The van der Waals surface area contributed by atoms with Crippen molar-refractivity contribution in [1.82, 2.24) is 19.8 Å². The van der Waals surface area contributed by atoms with E-state index in [0.717, 1.165) is 11.1 Å². The van der Waals surface area contributed by atoms with Crippen LogP contribution in [0.2, 0.25) is 0 Å². The summed E-state index contributed by atoms with van der Waals surface area (Å²) in [6.45, 7) is 8.39. The Morgan fingerprint density at radius 1 is 1.30 bits per heavy atom. The smallest absolute Gasteiger partial charge is 0.253 e. The van der Waals surface area contributed by atoms with Gasteiger partial charge in [-0.2, -0.15) is 4.98 Å². The van der Waals surface area contributed by atoms with E-state index in [0.29, 0.717) is 43.2 Å². The third-order valence-corrected chi connectivity index (χ3v) is 8.05. The fourth-order valence-corrected chi connectivity index (χ4v) is 5.69. The van der Waals surface area contributed by atoms with Crippen molar-refractivity contribution < 1.29 is 17.7 Å². The average molecular weight is 433 g/mol. The molecular weight excluding hydrogens is 404 g/mol. The molecule has 2 fully saturated rings. The number of carbonyl (C=O) groups is 1. The molecule has 1 amide bonds. The molecule has 30 heavy (non-hydrogen) atoms. The van der Waals surface area contributed by atoms with Crippen LogP contribution in [0.4, 0.5) is 0 Å². The van der Waals surface area contributed by atoms with Crippen LogP contribution < -0.4 is 4.72 Å². The van der Waals surface area contributed by atoms with Gasteiger partial charge < -0.3 is 9.42 Å². The van der Waals surface area contributed by atoms with E-state index in [2.05, 4.69) is 14.9 Å². The van der Waals surface area contributed by atoms with Crippen molar-refractivity contribution in [2.24, 2.45) is 5.92 Å². The lowest BCUT2D eigenvalue weighted by atomic mass is 9.80. The quantitative estimate of drug-likeness (QED) is 0.776. The van der Waals surface area contributed by atoms with Crippen LogP contribution in [-0.2, 0) is 15.4 Å². The summed E-state index contributed by atoms with van der Waals surface area (Å²) in [5.41, 5.74) is 2.36. The number of sulfonamides is 1. The number of rotatable bonds is 5. The molecule has 1 aliphatic carbocycles. The van der Waals surface area contributed by atoms with Gasteiger partial charge in [-0.3, -0.25) is 4.79 Å². The summed E-state index contributed by atoms with van der Waals surface area (Å²) in [5, 5.41) is 3.95. The summed E-state index contributed by atoms with van der Waals surface area (Å²) in [4.78, 5) is 19.5. The van der Waals surface area contributed by atoms with Gasteiger partial charge in [-0.15, -0.1) is 0 Å². The first kappa shape index (κ1) is 21.0. The molecule has 0 bridgehead atoms. The van der Waals surface area contributed by atoms with Crippen molar-refractivity contribution in [2.45, 2.75) is 52.0 Å². The second kappa shape index (κ2) is 7.46. The third-order valence-electron chi connectivity index (χ3n) is 6.60. The topological polar surface area (TPSA) is 105 Å². The Morgan fingerprint density at radius 2 is 2.07 bits per heavy atom. The molecule has 2 heterocycles. The minimum atomic E-state index is -3.32. The van der Waals surface area contributed by atoms with Gasteiger partial charge in [0.05, 0.1) is 11.2 Å². The molecule has 0 spiro atoms. The van der Waals surface area contributed by atoms with Crippen LogP contribution in [0.3, 0.4) is 0 Å². The highest BCUT2D eigenvalue weighted by Crippen LogP contribution is 2.50. The number of hydrogen-bond acceptors (Lipinski definition) is 6. The zero-order valence-corrected chi connectivity index (χ0v) is 18.6. The van der Waals surface area contributed by atoms with Crippen molar-refractivity contribution in [3.05, 3.63) is 46.6 Å². The molecule has 3 unspecified atom stereocenters. The zero-order valence-electron chi connectivity index (χ0n) is 17.8. The summed E-state index contributed by atoms with van der Waals surface area (Å²) in [5.74, 6) is 1.11. The standard InChI is InChI=1S/C21H28N4O4S/c1-5-30(27,28)24-18-9-17-11-25(19(26)16-7-6-13(2)14(3)8-16)12-21(17,10-18)20-22-15(4)23-29-20/h6-8,17-18,24H,5,9-12H2,1-4H3. The Balaban J connectivity index is 1.62. The lowest BCUT2D eigenvalue weighted by Crippen LogP contribution is -2.40. The van der Waals surface area contributed by atoms with E-state index in [1.165, 1.54) is 0 Å². The van der Waals surface area contributed by atoms with E-state index < -0.39 is 15.4 Å². The van der Waals surface area contributed by atoms with Crippen LogP contribution in [0, 0.1) is 26.7 Å². The molecule has 1 N–H and O–H groups in total. The molecule has 1 aromatic carbocycles. The maximum absolute atomic E-state index is 13.2. The van der Waals surface area contributed by atoms with Crippen LogP contribution in [0.5, 0.6) is 0 Å². The fourth-order valence-electron chi connectivity index (χ4n) is 4.84. The molecular formula is C21H28N4O4S. The van der Waals surface area contributed by atoms with E-state index in [1.54, 1.807) is 13.8 Å². The lowest BCUT2D eigenvalue weighted by molar-refractivity contribution is 0.0773. The Labute approximate surface area is 177 Å². The van der Waals surface area contributed by atoms with E-state index in [4.69, 9.17) is 4.52 Å². The number of nitrogens with zero attached hydrogens (tertiary/aromatic N) is 3. The van der Waals surface area contributed by atoms with Gasteiger partial charge >= 0.3 is 0 Å². The molecule has 1 saturated heterocycles. The molecule has 3 atom stereocenters. The number of likely N-dealkylation sites (tertiary alicyclic amines) is 1. The minimum Gasteiger partial charge on any atom is -0.339 e. The molecule has 4 rings (SSSR count). The van der Waals surface area contributed by atoms with Crippen molar-refractivity contribution in [3.63, 3.8) is 0 Å². The number of aryl methyl sites for hydroxylation is 3. The number of fused-ring (bicyclic) bond motifs is 1. The molecule has 2 aliphatic rings. The summed E-state index contributed by atoms with van der Waals surface area (Å²) >= 11 is 0. The molecule has 0 radical (unpaired) electrons. The molecule has 9 heteroatoms. The highest BCUT2D eigenvalue weighted by molar-refractivity contribution is 7.89. The van der Waals surface area contributed by atoms with E-state index >= 15 is 0 Å². The molecule has 2 aromatic rings. The number of aromatic nitrogens is 2. The first-order valence-electron chi connectivity index (χ1n) is 10.3. The number of carbonyl (C=O) groups excluding carboxylic acids is 1. The number of hydrogen-bond donors (Lipinski definition) is 1. The van der Waals surface area contributed by atoms with Crippen molar-refractivity contribution >= 4 is 15.9 Å². The molecule has 8 nitrogen and oxygen atoms in total. The van der Waals surface area contributed by atoms with Gasteiger partial charge in [0.2, 0.25) is 15.9 Å². The van der Waals surface area contributed by atoms with Gasteiger partial charge in [-0.05, 0) is 69.7 Å². The maximum atomic E-state index is 13.2. The molecule has 1 saturated carbocycles. The van der Waals surface area contributed by atoms with E-state index in [-0.39, 0.29) is 23.6 Å². The largest absolute Gasteiger partial charge is 0.339 e. The second-order valence-electron chi connectivity index (χ2n) is 8.64. The van der Waals surface area contributed by atoms with Crippen LogP contribution >= 0.6 is 0 Å². The van der Waals surface area contributed by atoms with Crippen molar-refractivity contribution in [1.29, 1.82) is 0 Å². The Hall–Kier alpha value is -2.26.